The molecular formula is C22H15FN2O3S. The van der Waals surface area contributed by atoms with E-state index in [-0.39, 0.29) is 22.3 Å². The Bertz CT molecular complexity index is 1360. The zero-order chi connectivity index (χ0) is 20.3. The van der Waals surface area contributed by atoms with Crippen LogP contribution in [0.1, 0.15) is 39.0 Å². The number of fused-ring (bicyclic) bond motifs is 2. The van der Waals surface area contributed by atoms with E-state index >= 15 is 0 Å². The number of hydrogen-bond donors (Lipinski definition) is 0. The van der Waals surface area contributed by atoms with Crippen molar-refractivity contribution in [1.29, 1.82) is 0 Å². The van der Waals surface area contributed by atoms with Crippen LogP contribution in [0.25, 0.3) is 11.0 Å². The van der Waals surface area contributed by atoms with Crippen LogP contribution in [0, 0.1) is 19.7 Å². The summed E-state index contributed by atoms with van der Waals surface area (Å²) < 4.78 is 20.6. The van der Waals surface area contributed by atoms with E-state index in [1.54, 1.807) is 35.7 Å². The number of nitrogens with zero attached hydrogens (tertiary/aromatic N) is 2. The summed E-state index contributed by atoms with van der Waals surface area (Å²) in [6, 6.07) is 10.4. The molecule has 0 radical (unpaired) electrons. The maximum atomic E-state index is 14.8. The molecule has 4 aromatic rings. The predicted octanol–water partition coefficient (Wildman–Crippen LogP) is 4.76. The SMILES string of the molecule is Cc1ccc2oc3c(c(=O)c2c1)[C@@H](c1ccccc1F)N(c1nc(C)cs1)C3=O. The van der Waals surface area contributed by atoms with Crippen molar-refractivity contribution in [3.05, 3.63) is 92.0 Å². The summed E-state index contributed by atoms with van der Waals surface area (Å²) >= 11 is 1.27. The highest BCUT2D eigenvalue weighted by molar-refractivity contribution is 7.14. The Kier molecular flexibility index (Phi) is 3.89. The van der Waals surface area contributed by atoms with Gasteiger partial charge < -0.3 is 4.42 Å². The molecule has 29 heavy (non-hydrogen) atoms. The first kappa shape index (κ1) is 17.8. The van der Waals surface area contributed by atoms with Gasteiger partial charge in [-0.3, -0.25) is 14.5 Å². The molecule has 1 aliphatic heterocycles. The number of hydrogen-bond acceptors (Lipinski definition) is 5. The summed E-state index contributed by atoms with van der Waals surface area (Å²) in [5.74, 6) is -1.06. The molecule has 2 aromatic heterocycles. The zero-order valence-corrected chi connectivity index (χ0v) is 16.4. The molecular weight excluding hydrogens is 391 g/mol. The summed E-state index contributed by atoms with van der Waals surface area (Å²) in [5, 5.41) is 2.57. The van der Waals surface area contributed by atoms with Crippen molar-refractivity contribution in [1.82, 2.24) is 4.98 Å². The first-order valence-electron chi connectivity index (χ1n) is 9.03. The smallest absolute Gasteiger partial charge is 0.297 e. The molecule has 0 unspecified atom stereocenters. The number of aromatic nitrogens is 1. The van der Waals surface area contributed by atoms with Crippen LogP contribution >= 0.6 is 11.3 Å². The maximum absolute atomic E-state index is 14.8. The molecule has 2 aromatic carbocycles. The van der Waals surface area contributed by atoms with E-state index in [4.69, 9.17) is 4.42 Å². The summed E-state index contributed by atoms with van der Waals surface area (Å²) in [5.41, 5.74) is 2.00. The first-order valence-corrected chi connectivity index (χ1v) is 9.91. The van der Waals surface area contributed by atoms with Crippen molar-refractivity contribution in [2.45, 2.75) is 19.9 Å². The molecule has 3 heterocycles. The van der Waals surface area contributed by atoms with Crippen LogP contribution in [0.3, 0.4) is 0 Å². The molecule has 5 rings (SSSR count). The van der Waals surface area contributed by atoms with Crippen LogP contribution in [0.15, 0.2) is 57.1 Å². The number of halogens is 1. The van der Waals surface area contributed by atoms with Gasteiger partial charge >= 0.3 is 0 Å². The topological polar surface area (TPSA) is 63.4 Å². The van der Waals surface area contributed by atoms with Crippen molar-refractivity contribution in [2.75, 3.05) is 4.90 Å². The van der Waals surface area contributed by atoms with Gasteiger partial charge in [-0.1, -0.05) is 29.8 Å². The van der Waals surface area contributed by atoms with Crippen LogP contribution in [-0.4, -0.2) is 10.9 Å². The summed E-state index contributed by atoms with van der Waals surface area (Å²) in [6.07, 6.45) is 0. The van der Waals surface area contributed by atoms with Gasteiger partial charge in [0.25, 0.3) is 5.91 Å². The number of aryl methyl sites for hydroxylation is 2. The van der Waals surface area contributed by atoms with E-state index in [0.29, 0.717) is 16.1 Å². The maximum Gasteiger partial charge on any atom is 0.297 e. The van der Waals surface area contributed by atoms with Gasteiger partial charge in [0, 0.05) is 10.9 Å². The molecule has 5 nitrogen and oxygen atoms in total. The number of carbonyl (C=O) groups is 1. The van der Waals surface area contributed by atoms with Gasteiger partial charge in [-0.15, -0.1) is 11.3 Å². The number of rotatable bonds is 2. The van der Waals surface area contributed by atoms with Crippen LogP contribution in [0.5, 0.6) is 0 Å². The minimum absolute atomic E-state index is 0.0625. The van der Waals surface area contributed by atoms with Crippen LogP contribution < -0.4 is 10.3 Å². The third kappa shape index (κ3) is 2.61. The summed E-state index contributed by atoms with van der Waals surface area (Å²) in [7, 11) is 0. The molecule has 0 saturated heterocycles. The number of amides is 1. The van der Waals surface area contributed by atoms with Crippen LogP contribution in [-0.2, 0) is 0 Å². The lowest BCUT2D eigenvalue weighted by Gasteiger charge is -2.22. The minimum Gasteiger partial charge on any atom is -0.450 e. The van der Waals surface area contributed by atoms with Gasteiger partial charge in [-0.05, 0) is 32.0 Å². The fourth-order valence-corrected chi connectivity index (χ4v) is 4.55. The van der Waals surface area contributed by atoms with Crippen molar-refractivity contribution < 1.29 is 13.6 Å². The van der Waals surface area contributed by atoms with Gasteiger partial charge in [0.05, 0.1) is 16.6 Å². The van der Waals surface area contributed by atoms with Gasteiger partial charge in [-0.25, -0.2) is 9.37 Å². The molecule has 0 spiro atoms. The number of benzene rings is 2. The average Bonchev–Trinajstić information content (AvgIpc) is 3.24. The Balaban J connectivity index is 1.86. The lowest BCUT2D eigenvalue weighted by atomic mass is 9.98. The Morgan fingerprint density at radius 3 is 2.66 bits per heavy atom. The summed E-state index contributed by atoms with van der Waals surface area (Å²) in [4.78, 5) is 32.5. The first-order chi connectivity index (χ1) is 14.0. The third-order valence-corrected chi connectivity index (χ3v) is 6.00. The molecule has 0 N–H and O–H groups in total. The minimum atomic E-state index is -0.939. The molecule has 1 aliphatic rings. The molecule has 0 aliphatic carbocycles. The average molecular weight is 406 g/mol. The van der Waals surface area contributed by atoms with Crippen molar-refractivity contribution in [3.63, 3.8) is 0 Å². The highest BCUT2D eigenvalue weighted by Gasteiger charge is 2.45. The van der Waals surface area contributed by atoms with E-state index in [1.165, 1.54) is 22.3 Å². The van der Waals surface area contributed by atoms with Gasteiger partial charge in [0.1, 0.15) is 17.4 Å². The zero-order valence-electron chi connectivity index (χ0n) is 15.6. The Hall–Kier alpha value is -3.32. The van der Waals surface area contributed by atoms with Gasteiger partial charge in [0.2, 0.25) is 5.76 Å². The molecule has 0 saturated carbocycles. The summed E-state index contributed by atoms with van der Waals surface area (Å²) in [6.45, 7) is 3.68. The second-order valence-electron chi connectivity index (χ2n) is 7.04. The standard InChI is InChI=1S/C22H15FN2O3S/c1-11-7-8-16-14(9-11)19(26)17-18(13-5-3-4-6-15(13)23)25(21(27)20(17)28-16)22-24-12(2)10-29-22/h3-10,18H,1-2H3/t18-/m1/s1. The van der Waals surface area contributed by atoms with Crippen molar-refractivity contribution in [2.24, 2.45) is 0 Å². The molecule has 1 amide bonds. The highest BCUT2D eigenvalue weighted by Crippen LogP contribution is 2.42. The Morgan fingerprint density at radius 1 is 1.14 bits per heavy atom. The molecule has 7 heteroatoms. The normalized spacial score (nSPS) is 15.9. The molecule has 144 valence electrons. The van der Waals surface area contributed by atoms with Crippen molar-refractivity contribution >= 4 is 33.3 Å². The second kappa shape index (κ2) is 6.35. The fraction of sp³-hybridized carbons (Fsp3) is 0.136. The quantitative estimate of drug-likeness (QED) is 0.482. The number of anilines is 1. The lowest BCUT2D eigenvalue weighted by molar-refractivity contribution is 0.0970. The second-order valence-corrected chi connectivity index (χ2v) is 7.88. The fourth-order valence-electron chi connectivity index (χ4n) is 3.73. The Morgan fingerprint density at radius 2 is 1.93 bits per heavy atom. The molecule has 1 atom stereocenters. The Labute approximate surface area is 169 Å². The molecule has 0 bridgehead atoms. The highest BCUT2D eigenvalue weighted by atomic mass is 32.1. The molecule has 0 fully saturated rings. The largest absolute Gasteiger partial charge is 0.450 e. The van der Waals surface area contributed by atoms with E-state index in [9.17, 15) is 14.0 Å². The van der Waals surface area contributed by atoms with Gasteiger partial charge in [0.15, 0.2) is 10.6 Å². The number of thiazole rings is 1. The third-order valence-electron chi connectivity index (χ3n) is 5.04. The van der Waals surface area contributed by atoms with E-state index < -0.39 is 17.8 Å². The van der Waals surface area contributed by atoms with Crippen molar-refractivity contribution in [3.8, 4) is 0 Å². The number of carbonyl (C=O) groups excluding carboxylic acids is 1. The monoisotopic (exact) mass is 406 g/mol. The van der Waals surface area contributed by atoms with E-state index in [2.05, 4.69) is 4.98 Å². The van der Waals surface area contributed by atoms with E-state index in [1.807, 2.05) is 19.9 Å². The van der Waals surface area contributed by atoms with Crippen LogP contribution in [0.4, 0.5) is 9.52 Å². The predicted molar refractivity (Wildman–Crippen MR) is 109 cm³/mol. The van der Waals surface area contributed by atoms with E-state index in [0.717, 1.165) is 11.3 Å². The van der Waals surface area contributed by atoms with Crippen LogP contribution in [0.2, 0.25) is 0 Å². The lowest BCUT2D eigenvalue weighted by Crippen LogP contribution is -2.30. The van der Waals surface area contributed by atoms with Gasteiger partial charge in [-0.2, -0.15) is 0 Å².